The fraction of sp³-hybridized carbons (Fsp3) is 0.278. The minimum atomic E-state index is 0.0625. The van der Waals surface area contributed by atoms with Crippen molar-refractivity contribution < 1.29 is 9.53 Å². The Kier molecular flexibility index (Phi) is 3.31. The van der Waals surface area contributed by atoms with Gasteiger partial charge in [0.2, 0.25) is 0 Å². The molecule has 0 radical (unpaired) electrons. The molecule has 1 fully saturated rings. The van der Waals surface area contributed by atoms with Crippen LogP contribution in [0.5, 0.6) is 5.75 Å². The quantitative estimate of drug-likeness (QED) is 0.780. The molecule has 0 heterocycles. The Morgan fingerprint density at radius 2 is 1.85 bits per heavy atom. The molecule has 0 saturated heterocycles. The van der Waals surface area contributed by atoms with E-state index in [1.807, 2.05) is 56.3 Å². The number of rotatable bonds is 4. The van der Waals surface area contributed by atoms with Crippen molar-refractivity contribution >= 4 is 5.78 Å². The maximum Gasteiger partial charge on any atom is 0.193 e. The molecule has 1 saturated carbocycles. The Balaban J connectivity index is 1.91. The van der Waals surface area contributed by atoms with E-state index < -0.39 is 0 Å². The number of carbonyl (C=O) groups excluding carboxylic acids is 1. The number of aryl methyl sites for hydroxylation is 1. The van der Waals surface area contributed by atoms with Crippen molar-refractivity contribution in [3.63, 3.8) is 0 Å². The Hall–Kier alpha value is -2.09. The topological polar surface area (TPSA) is 26.3 Å². The van der Waals surface area contributed by atoms with E-state index in [0.29, 0.717) is 11.7 Å². The molecular formula is C18H18O2. The Bertz CT molecular complexity index is 654. The number of ketones is 1. The van der Waals surface area contributed by atoms with Gasteiger partial charge >= 0.3 is 0 Å². The predicted molar refractivity (Wildman–Crippen MR) is 79.4 cm³/mol. The normalized spacial score (nSPS) is 14.1. The molecule has 0 aromatic heterocycles. The van der Waals surface area contributed by atoms with E-state index >= 15 is 0 Å². The Labute approximate surface area is 119 Å². The molecule has 2 nitrogen and oxygen atoms in total. The van der Waals surface area contributed by atoms with E-state index in [2.05, 4.69) is 0 Å². The summed E-state index contributed by atoms with van der Waals surface area (Å²) in [6.45, 7) is 4.02. The van der Waals surface area contributed by atoms with Crippen molar-refractivity contribution in [2.75, 3.05) is 0 Å². The summed E-state index contributed by atoms with van der Waals surface area (Å²) in [4.78, 5) is 12.6. The largest absolute Gasteiger partial charge is 0.490 e. The third kappa shape index (κ3) is 2.60. The van der Waals surface area contributed by atoms with Gasteiger partial charge < -0.3 is 4.74 Å². The second-order valence-corrected chi connectivity index (χ2v) is 5.42. The van der Waals surface area contributed by atoms with Gasteiger partial charge in [0.05, 0.1) is 6.10 Å². The van der Waals surface area contributed by atoms with Gasteiger partial charge in [0, 0.05) is 11.1 Å². The molecule has 0 unspecified atom stereocenters. The fourth-order valence-electron chi connectivity index (χ4n) is 2.24. The third-order valence-electron chi connectivity index (χ3n) is 3.77. The zero-order valence-electron chi connectivity index (χ0n) is 11.8. The average molecular weight is 266 g/mol. The van der Waals surface area contributed by atoms with Crippen LogP contribution < -0.4 is 4.74 Å². The van der Waals surface area contributed by atoms with E-state index in [1.54, 1.807) is 0 Å². The first-order valence-corrected chi connectivity index (χ1v) is 7.03. The summed E-state index contributed by atoms with van der Waals surface area (Å²) in [5.74, 6) is 0.858. The van der Waals surface area contributed by atoms with E-state index in [9.17, 15) is 4.79 Å². The van der Waals surface area contributed by atoms with Crippen molar-refractivity contribution in [2.24, 2.45) is 0 Å². The zero-order valence-corrected chi connectivity index (χ0v) is 11.8. The summed E-state index contributed by atoms with van der Waals surface area (Å²) in [5.41, 5.74) is 3.65. The highest BCUT2D eigenvalue weighted by Gasteiger charge is 2.23. The molecule has 3 rings (SSSR count). The molecule has 2 aromatic carbocycles. The van der Waals surface area contributed by atoms with Crippen LogP contribution in [0.3, 0.4) is 0 Å². The van der Waals surface area contributed by atoms with Crippen LogP contribution in [-0.2, 0) is 0 Å². The smallest absolute Gasteiger partial charge is 0.193 e. The summed E-state index contributed by atoms with van der Waals surface area (Å²) in [6.07, 6.45) is 2.59. The molecule has 0 amide bonds. The van der Waals surface area contributed by atoms with E-state index in [1.165, 1.54) is 0 Å². The molecule has 0 atom stereocenters. The second-order valence-electron chi connectivity index (χ2n) is 5.42. The number of hydrogen-bond acceptors (Lipinski definition) is 2. The molecule has 2 heteroatoms. The minimum absolute atomic E-state index is 0.0625. The molecule has 102 valence electrons. The van der Waals surface area contributed by atoms with Gasteiger partial charge in [-0.25, -0.2) is 0 Å². The van der Waals surface area contributed by atoms with Gasteiger partial charge in [-0.15, -0.1) is 0 Å². The van der Waals surface area contributed by atoms with Crippen molar-refractivity contribution in [1.29, 1.82) is 0 Å². The molecule has 20 heavy (non-hydrogen) atoms. The van der Waals surface area contributed by atoms with Crippen LogP contribution >= 0.6 is 0 Å². The lowest BCUT2D eigenvalue weighted by atomic mass is 9.96. The second kappa shape index (κ2) is 5.12. The van der Waals surface area contributed by atoms with Crippen LogP contribution in [0.1, 0.15) is 39.9 Å². The number of hydrogen-bond donors (Lipinski definition) is 0. The fourth-order valence-corrected chi connectivity index (χ4v) is 2.24. The predicted octanol–water partition coefficient (Wildman–Crippen LogP) is 4.08. The summed E-state index contributed by atoms with van der Waals surface area (Å²) >= 11 is 0. The van der Waals surface area contributed by atoms with Crippen LogP contribution in [-0.4, -0.2) is 11.9 Å². The van der Waals surface area contributed by atoms with Crippen molar-refractivity contribution in [3.8, 4) is 5.75 Å². The number of benzene rings is 2. The maximum absolute atomic E-state index is 12.6. The van der Waals surface area contributed by atoms with Crippen LogP contribution in [0.25, 0.3) is 0 Å². The van der Waals surface area contributed by atoms with Crippen molar-refractivity contribution in [3.05, 3.63) is 64.7 Å². The Morgan fingerprint density at radius 3 is 2.60 bits per heavy atom. The van der Waals surface area contributed by atoms with Gasteiger partial charge in [0.15, 0.2) is 5.78 Å². The zero-order chi connectivity index (χ0) is 14.1. The average Bonchev–Trinajstić information content (AvgIpc) is 3.25. The highest BCUT2D eigenvalue weighted by molar-refractivity contribution is 6.10. The monoisotopic (exact) mass is 266 g/mol. The van der Waals surface area contributed by atoms with Gasteiger partial charge in [-0.3, -0.25) is 4.79 Å². The standard InChI is InChI=1S/C18H18O2/c1-12-5-3-8-17(13(12)2)18(19)14-6-4-7-16(11-14)20-15-9-10-15/h3-8,11,15H,9-10H2,1-2H3. The molecule has 2 aromatic rings. The van der Waals surface area contributed by atoms with E-state index in [0.717, 1.165) is 35.3 Å². The molecular weight excluding hydrogens is 248 g/mol. The summed E-state index contributed by atoms with van der Waals surface area (Å²) < 4.78 is 5.75. The highest BCUT2D eigenvalue weighted by Crippen LogP contribution is 2.28. The van der Waals surface area contributed by atoms with Gasteiger partial charge in [-0.05, 0) is 49.9 Å². The van der Waals surface area contributed by atoms with Gasteiger partial charge in [0.25, 0.3) is 0 Å². The van der Waals surface area contributed by atoms with Crippen LogP contribution in [0.2, 0.25) is 0 Å². The van der Waals surface area contributed by atoms with Crippen LogP contribution in [0.4, 0.5) is 0 Å². The lowest BCUT2D eigenvalue weighted by Gasteiger charge is -2.09. The van der Waals surface area contributed by atoms with E-state index in [-0.39, 0.29) is 5.78 Å². The van der Waals surface area contributed by atoms with Crippen LogP contribution in [0.15, 0.2) is 42.5 Å². The highest BCUT2D eigenvalue weighted by atomic mass is 16.5. The summed E-state index contributed by atoms with van der Waals surface area (Å²) in [5, 5.41) is 0. The van der Waals surface area contributed by atoms with Gasteiger partial charge in [-0.2, -0.15) is 0 Å². The van der Waals surface area contributed by atoms with E-state index in [4.69, 9.17) is 4.74 Å². The molecule has 0 N–H and O–H groups in total. The first-order valence-electron chi connectivity index (χ1n) is 7.03. The number of carbonyl (C=O) groups is 1. The van der Waals surface area contributed by atoms with Gasteiger partial charge in [-0.1, -0.05) is 30.3 Å². The summed E-state index contributed by atoms with van der Waals surface area (Å²) in [7, 11) is 0. The summed E-state index contributed by atoms with van der Waals surface area (Å²) in [6, 6.07) is 13.3. The molecule has 1 aliphatic carbocycles. The van der Waals surface area contributed by atoms with Crippen molar-refractivity contribution in [2.45, 2.75) is 32.8 Å². The molecule has 0 spiro atoms. The molecule has 1 aliphatic rings. The lowest BCUT2D eigenvalue weighted by molar-refractivity contribution is 0.103. The third-order valence-corrected chi connectivity index (χ3v) is 3.77. The molecule has 0 aliphatic heterocycles. The SMILES string of the molecule is Cc1cccc(C(=O)c2cccc(OC3CC3)c2)c1C. The Morgan fingerprint density at radius 1 is 1.10 bits per heavy atom. The lowest BCUT2D eigenvalue weighted by Crippen LogP contribution is -2.05. The van der Waals surface area contributed by atoms with Gasteiger partial charge in [0.1, 0.15) is 5.75 Å². The first kappa shape index (κ1) is 12.9. The first-order chi connectivity index (χ1) is 9.65. The maximum atomic E-state index is 12.6. The number of ether oxygens (including phenoxy) is 1. The van der Waals surface area contributed by atoms with Crippen LogP contribution in [0, 0.1) is 13.8 Å². The molecule has 0 bridgehead atoms. The minimum Gasteiger partial charge on any atom is -0.490 e. The van der Waals surface area contributed by atoms with Crippen molar-refractivity contribution in [1.82, 2.24) is 0 Å².